The summed E-state index contributed by atoms with van der Waals surface area (Å²) in [6, 6.07) is -1.26. The minimum atomic E-state index is -5.15. The second-order valence-electron chi connectivity index (χ2n) is 18.2. The van der Waals surface area contributed by atoms with Gasteiger partial charge in [-0.1, -0.05) is 198 Å². The van der Waals surface area contributed by atoms with Gasteiger partial charge in [-0.3, -0.25) is 13.8 Å². The van der Waals surface area contributed by atoms with Crippen molar-refractivity contribution in [1.82, 2.24) is 5.32 Å². The molecule has 0 radical (unpaired) electrons. The maximum atomic E-state index is 13.0. The Kier molecular flexibility index (Phi) is 37.4. The zero-order valence-electron chi connectivity index (χ0n) is 39.9. The van der Waals surface area contributed by atoms with Crippen LogP contribution in [0.4, 0.5) is 0 Å². The van der Waals surface area contributed by atoms with Crippen LogP contribution in [0.2, 0.25) is 0 Å². The number of phosphoric acid groups is 1. The number of carbonyl (C=O) groups is 1. The van der Waals surface area contributed by atoms with Crippen molar-refractivity contribution in [3.63, 3.8) is 0 Å². The summed E-state index contributed by atoms with van der Waals surface area (Å²) in [5.74, 6) is -0.605. The first-order valence-corrected chi connectivity index (χ1v) is 27.0. The molecule has 13 nitrogen and oxygen atoms in total. The van der Waals surface area contributed by atoms with Gasteiger partial charge in [-0.25, -0.2) is 4.57 Å². The van der Waals surface area contributed by atoms with Crippen LogP contribution in [-0.2, 0) is 18.4 Å². The predicted octanol–water partition coefficient (Wildman–Crippen LogP) is 9.31. The number of unbranched alkanes of at least 4 members (excludes halogenated alkanes) is 25. The van der Waals surface area contributed by atoms with Crippen LogP contribution in [0, 0.1) is 0 Å². The summed E-state index contributed by atoms with van der Waals surface area (Å²) < 4.78 is 22.9. The predicted molar refractivity (Wildman–Crippen MR) is 257 cm³/mol. The maximum absolute atomic E-state index is 13.0. The lowest BCUT2D eigenvalue weighted by molar-refractivity contribution is -0.220. The molecule has 376 valence electrons. The number of allylic oxidation sites excluding steroid dienone is 5. The Morgan fingerprint density at radius 2 is 0.922 bits per heavy atom. The molecule has 14 heteroatoms. The van der Waals surface area contributed by atoms with Gasteiger partial charge in [0.05, 0.1) is 31.3 Å². The summed E-state index contributed by atoms with van der Waals surface area (Å²) in [6.07, 6.45) is 32.3. The molecular formula is C50H94NO12P. The van der Waals surface area contributed by atoms with Crippen molar-refractivity contribution in [2.75, 3.05) is 6.61 Å². The number of nitrogens with one attached hydrogen (secondary N) is 1. The van der Waals surface area contributed by atoms with E-state index in [1.807, 2.05) is 0 Å². The number of aliphatic hydroxyl groups excluding tert-OH is 7. The van der Waals surface area contributed by atoms with Crippen LogP contribution in [-0.4, -0.2) is 108 Å². The summed E-state index contributed by atoms with van der Waals surface area (Å²) in [6.45, 7) is 3.74. The molecule has 1 aliphatic rings. The van der Waals surface area contributed by atoms with Crippen LogP contribution >= 0.6 is 7.82 Å². The molecule has 8 unspecified atom stereocenters. The highest BCUT2D eigenvalue weighted by Crippen LogP contribution is 2.47. The van der Waals surface area contributed by atoms with Gasteiger partial charge in [-0.05, 0) is 44.9 Å². The Morgan fingerprint density at radius 3 is 1.38 bits per heavy atom. The Labute approximate surface area is 387 Å². The Balaban J connectivity index is 2.54. The highest BCUT2D eigenvalue weighted by molar-refractivity contribution is 7.47. The van der Waals surface area contributed by atoms with E-state index in [0.29, 0.717) is 19.3 Å². The molecule has 64 heavy (non-hydrogen) atoms. The van der Waals surface area contributed by atoms with Crippen LogP contribution < -0.4 is 5.32 Å². The smallest absolute Gasteiger partial charge is 0.393 e. The van der Waals surface area contributed by atoms with E-state index in [-0.39, 0.29) is 6.42 Å². The highest BCUT2D eigenvalue weighted by Gasteiger charge is 2.51. The van der Waals surface area contributed by atoms with Crippen LogP contribution in [0.5, 0.6) is 0 Å². The third kappa shape index (κ3) is 30.7. The lowest BCUT2D eigenvalue weighted by Gasteiger charge is -2.41. The molecular weight excluding hydrogens is 838 g/mol. The van der Waals surface area contributed by atoms with Gasteiger partial charge in [-0.2, -0.15) is 0 Å². The molecule has 0 bridgehead atoms. The normalized spacial score (nSPS) is 23.0. The molecule has 1 amide bonds. The van der Waals surface area contributed by atoms with Gasteiger partial charge in [0.25, 0.3) is 0 Å². The maximum Gasteiger partial charge on any atom is 0.472 e. The molecule has 0 aliphatic heterocycles. The number of aliphatic hydroxyl groups is 7. The van der Waals surface area contributed by atoms with Crippen LogP contribution in [0.25, 0.3) is 0 Å². The van der Waals surface area contributed by atoms with Crippen molar-refractivity contribution in [3.05, 3.63) is 36.5 Å². The molecule has 1 fully saturated rings. The average Bonchev–Trinajstić information content (AvgIpc) is 3.27. The Hall–Kier alpha value is -1.48. The summed E-state index contributed by atoms with van der Waals surface area (Å²) in [5.41, 5.74) is 0. The van der Waals surface area contributed by atoms with Crippen molar-refractivity contribution in [3.8, 4) is 0 Å². The monoisotopic (exact) mass is 932 g/mol. The second-order valence-corrected chi connectivity index (χ2v) is 19.6. The Bertz CT molecular complexity index is 1240. The van der Waals surface area contributed by atoms with Gasteiger partial charge in [0.2, 0.25) is 5.91 Å². The van der Waals surface area contributed by atoms with E-state index < -0.39 is 75.2 Å². The minimum absolute atomic E-state index is 0.253. The van der Waals surface area contributed by atoms with E-state index in [9.17, 15) is 50.0 Å². The topological polar surface area (TPSA) is 226 Å². The fourth-order valence-electron chi connectivity index (χ4n) is 8.04. The largest absolute Gasteiger partial charge is 0.472 e. The SMILES string of the molecule is CCCCCCCCCC/C=C/CC/C=C/CC/C=C/C(O)C(COP(=O)(O)OC1C(O)C(O)C(O)C(O)C1O)NC(=O)CC(O)CCCCCCCCCCCCCCCCCC. The molecule has 1 rings (SSSR count). The summed E-state index contributed by atoms with van der Waals surface area (Å²) >= 11 is 0. The highest BCUT2D eigenvalue weighted by atomic mass is 31.2. The lowest BCUT2D eigenvalue weighted by Crippen LogP contribution is -2.64. The number of amides is 1. The quantitative estimate of drug-likeness (QED) is 0.0159. The van der Waals surface area contributed by atoms with Crippen molar-refractivity contribution in [2.24, 2.45) is 0 Å². The lowest BCUT2D eigenvalue weighted by atomic mass is 9.85. The van der Waals surface area contributed by atoms with Gasteiger partial charge in [-0.15, -0.1) is 0 Å². The number of carbonyl (C=O) groups excluding carboxylic acids is 1. The molecule has 0 heterocycles. The third-order valence-corrected chi connectivity index (χ3v) is 13.2. The molecule has 8 atom stereocenters. The average molecular weight is 932 g/mol. The van der Waals surface area contributed by atoms with Crippen molar-refractivity contribution >= 4 is 13.7 Å². The fourth-order valence-corrected chi connectivity index (χ4v) is 9.00. The van der Waals surface area contributed by atoms with Gasteiger partial charge >= 0.3 is 7.82 Å². The zero-order chi connectivity index (χ0) is 47.3. The number of hydrogen-bond donors (Lipinski definition) is 9. The van der Waals surface area contributed by atoms with Crippen molar-refractivity contribution in [1.29, 1.82) is 0 Å². The van der Waals surface area contributed by atoms with Crippen LogP contribution in [0.1, 0.15) is 213 Å². The van der Waals surface area contributed by atoms with Crippen molar-refractivity contribution < 1.29 is 59.0 Å². The van der Waals surface area contributed by atoms with Crippen molar-refractivity contribution in [2.45, 2.75) is 268 Å². The molecule has 1 saturated carbocycles. The first-order chi connectivity index (χ1) is 30.8. The van der Waals surface area contributed by atoms with E-state index >= 15 is 0 Å². The third-order valence-electron chi connectivity index (χ3n) is 12.2. The molecule has 0 saturated heterocycles. The van der Waals surface area contributed by atoms with Crippen LogP contribution in [0.15, 0.2) is 36.5 Å². The standard InChI is InChI=1S/C50H94NO12P/c1-3-5-7-9-11-13-15-17-19-21-22-24-26-28-30-32-34-36-38-43(53)42(40-62-64(60,61)63-50-48(58)46(56)45(55)47(57)49(50)59)51-44(54)39-41(52)37-35-33-31-29-27-25-23-20-18-16-14-12-10-8-6-4-2/h21-22,28,30,36,38,41-43,45-50,52-53,55-59H,3-20,23-27,29,31-35,37,39-40H2,1-2H3,(H,51,54)(H,60,61)/b22-21+,30-28+,38-36+. The van der Waals surface area contributed by atoms with E-state index in [1.165, 1.54) is 134 Å². The summed E-state index contributed by atoms with van der Waals surface area (Å²) in [5, 5.41) is 74.6. The summed E-state index contributed by atoms with van der Waals surface area (Å²) in [7, 11) is -5.15. The van der Waals surface area contributed by atoms with E-state index in [4.69, 9.17) is 9.05 Å². The van der Waals surface area contributed by atoms with Crippen LogP contribution in [0.3, 0.4) is 0 Å². The van der Waals surface area contributed by atoms with Gasteiger partial charge in [0.15, 0.2) is 0 Å². The van der Waals surface area contributed by atoms with E-state index in [2.05, 4.69) is 43.5 Å². The fraction of sp³-hybridized carbons (Fsp3) is 0.860. The Morgan fingerprint density at radius 1 is 0.547 bits per heavy atom. The first kappa shape index (κ1) is 60.5. The number of hydrogen-bond acceptors (Lipinski definition) is 11. The molecule has 1 aliphatic carbocycles. The molecule has 0 aromatic heterocycles. The molecule has 9 N–H and O–H groups in total. The molecule has 0 aromatic rings. The zero-order valence-corrected chi connectivity index (χ0v) is 40.8. The van der Waals surface area contributed by atoms with Gasteiger partial charge in [0, 0.05) is 0 Å². The number of phosphoric ester groups is 1. The minimum Gasteiger partial charge on any atom is -0.393 e. The summed E-state index contributed by atoms with van der Waals surface area (Å²) in [4.78, 5) is 23.5. The number of rotatable bonds is 42. The van der Waals surface area contributed by atoms with Gasteiger partial charge < -0.3 is 46.0 Å². The van der Waals surface area contributed by atoms with E-state index in [1.54, 1.807) is 6.08 Å². The first-order valence-electron chi connectivity index (χ1n) is 25.5. The van der Waals surface area contributed by atoms with Gasteiger partial charge in [0.1, 0.15) is 36.6 Å². The molecule has 0 aromatic carbocycles. The second kappa shape index (κ2) is 39.5. The van der Waals surface area contributed by atoms with E-state index in [0.717, 1.165) is 44.9 Å². The molecule has 0 spiro atoms.